The van der Waals surface area contributed by atoms with Crippen molar-refractivity contribution in [3.63, 3.8) is 0 Å². The SMILES string of the molecule is CCNC(=O)Oc1c(OC)cc(/C=C2/C(C)=C(CNC(=O)Cc3ccccn3)c3cc(F)ccc32)cc1OC. The zero-order chi connectivity index (χ0) is 27.9. The lowest BCUT2D eigenvalue weighted by Crippen LogP contribution is -2.27. The van der Waals surface area contributed by atoms with Gasteiger partial charge in [0.05, 0.1) is 20.6 Å². The van der Waals surface area contributed by atoms with Gasteiger partial charge in [0.1, 0.15) is 5.82 Å². The van der Waals surface area contributed by atoms with Crippen molar-refractivity contribution >= 4 is 29.2 Å². The number of carbonyl (C=O) groups excluding carboxylic acids is 2. The van der Waals surface area contributed by atoms with Crippen LogP contribution in [-0.2, 0) is 11.2 Å². The summed E-state index contributed by atoms with van der Waals surface area (Å²) in [4.78, 5) is 28.8. The van der Waals surface area contributed by atoms with Gasteiger partial charge in [0.15, 0.2) is 11.5 Å². The first-order chi connectivity index (χ1) is 18.8. The van der Waals surface area contributed by atoms with Crippen molar-refractivity contribution in [2.45, 2.75) is 20.3 Å². The lowest BCUT2D eigenvalue weighted by atomic mass is 10.00. The Kier molecular flexibility index (Phi) is 8.60. The van der Waals surface area contributed by atoms with E-state index in [1.807, 2.05) is 19.1 Å². The Morgan fingerprint density at radius 3 is 2.38 bits per heavy atom. The molecule has 1 heterocycles. The number of hydrogen-bond acceptors (Lipinski definition) is 6. The van der Waals surface area contributed by atoms with Gasteiger partial charge in [-0.3, -0.25) is 9.78 Å². The fourth-order valence-corrected chi connectivity index (χ4v) is 4.42. The number of rotatable bonds is 9. The number of pyridine rings is 1. The van der Waals surface area contributed by atoms with Crippen LogP contribution < -0.4 is 24.8 Å². The Balaban J connectivity index is 1.67. The van der Waals surface area contributed by atoms with E-state index >= 15 is 0 Å². The van der Waals surface area contributed by atoms with Crippen LogP contribution in [0, 0.1) is 5.82 Å². The highest BCUT2D eigenvalue weighted by Gasteiger charge is 2.25. The van der Waals surface area contributed by atoms with E-state index in [1.54, 1.807) is 43.5 Å². The van der Waals surface area contributed by atoms with Crippen LogP contribution in [0.25, 0.3) is 17.2 Å². The molecule has 0 unspecified atom stereocenters. The maximum atomic E-state index is 14.3. The molecule has 1 aromatic heterocycles. The lowest BCUT2D eigenvalue weighted by molar-refractivity contribution is -0.120. The molecule has 9 heteroatoms. The number of ether oxygens (including phenoxy) is 3. The molecule has 2 amide bonds. The standard InChI is InChI=1S/C30H30FN3O5/c1-5-32-30(36)39-29-26(37-3)13-19(14-27(29)38-4)12-23-18(2)25(24-15-20(31)9-10-22(23)24)17-34-28(35)16-21-8-6-7-11-33-21/h6-15H,5,16-17H2,1-4H3,(H,32,36)(H,34,35)/b23-12-. The molecule has 3 aromatic rings. The molecule has 39 heavy (non-hydrogen) atoms. The number of allylic oxidation sites excluding steroid dienone is 2. The van der Waals surface area contributed by atoms with Crippen molar-refractivity contribution in [3.8, 4) is 17.2 Å². The minimum Gasteiger partial charge on any atom is -0.493 e. The van der Waals surface area contributed by atoms with Crippen LogP contribution >= 0.6 is 0 Å². The van der Waals surface area contributed by atoms with Gasteiger partial charge in [0.2, 0.25) is 11.7 Å². The van der Waals surface area contributed by atoms with Gasteiger partial charge < -0.3 is 24.8 Å². The number of nitrogens with one attached hydrogen (secondary N) is 2. The summed E-state index contributed by atoms with van der Waals surface area (Å²) < 4.78 is 30.7. The predicted molar refractivity (Wildman–Crippen MR) is 147 cm³/mol. The molecular weight excluding hydrogens is 501 g/mol. The third kappa shape index (κ3) is 6.26. The Hall–Kier alpha value is -4.66. The maximum Gasteiger partial charge on any atom is 0.412 e. The summed E-state index contributed by atoms with van der Waals surface area (Å²) in [5.74, 6) is 0.240. The van der Waals surface area contributed by atoms with Gasteiger partial charge in [0.25, 0.3) is 0 Å². The number of carbonyl (C=O) groups is 2. The van der Waals surface area contributed by atoms with Crippen molar-refractivity contribution in [2.24, 2.45) is 0 Å². The van der Waals surface area contributed by atoms with Crippen molar-refractivity contribution in [1.82, 2.24) is 15.6 Å². The Morgan fingerprint density at radius 2 is 1.74 bits per heavy atom. The number of methoxy groups -OCH3 is 2. The number of fused-ring (bicyclic) bond motifs is 1. The van der Waals surface area contributed by atoms with Crippen molar-refractivity contribution in [1.29, 1.82) is 0 Å². The molecule has 0 fully saturated rings. The molecule has 0 radical (unpaired) electrons. The molecule has 0 saturated carbocycles. The van der Waals surface area contributed by atoms with E-state index in [1.165, 1.54) is 26.4 Å². The van der Waals surface area contributed by atoms with Gasteiger partial charge in [-0.15, -0.1) is 0 Å². The van der Waals surface area contributed by atoms with E-state index in [2.05, 4.69) is 15.6 Å². The van der Waals surface area contributed by atoms with Crippen molar-refractivity contribution < 1.29 is 28.2 Å². The fourth-order valence-electron chi connectivity index (χ4n) is 4.42. The third-order valence-electron chi connectivity index (χ3n) is 6.29. The summed E-state index contributed by atoms with van der Waals surface area (Å²) in [5, 5.41) is 5.51. The fraction of sp³-hybridized carbons (Fsp3) is 0.233. The van der Waals surface area contributed by atoms with Crippen LogP contribution in [-0.4, -0.2) is 44.3 Å². The second-order valence-electron chi connectivity index (χ2n) is 8.80. The van der Waals surface area contributed by atoms with Crippen LogP contribution in [0.1, 0.15) is 36.2 Å². The van der Waals surface area contributed by atoms with Gasteiger partial charge >= 0.3 is 6.09 Å². The second kappa shape index (κ2) is 12.3. The summed E-state index contributed by atoms with van der Waals surface area (Å²) in [6.07, 6.45) is 3.09. The molecule has 1 aliphatic rings. The van der Waals surface area contributed by atoms with Gasteiger partial charge in [-0.25, -0.2) is 9.18 Å². The summed E-state index contributed by atoms with van der Waals surface area (Å²) >= 11 is 0. The number of benzene rings is 2. The molecular formula is C30H30FN3O5. The molecule has 1 aliphatic carbocycles. The quantitative estimate of drug-likeness (QED) is 0.402. The molecule has 202 valence electrons. The highest BCUT2D eigenvalue weighted by molar-refractivity contribution is 6.06. The van der Waals surface area contributed by atoms with E-state index in [0.29, 0.717) is 29.3 Å². The minimum atomic E-state index is -0.625. The molecule has 8 nitrogen and oxygen atoms in total. The summed E-state index contributed by atoms with van der Waals surface area (Å²) in [6.45, 7) is 4.36. The van der Waals surface area contributed by atoms with E-state index in [-0.39, 0.29) is 30.4 Å². The summed E-state index contributed by atoms with van der Waals surface area (Å²) in [6, 6.07) is 13.5. The normalized spacial score (nSPS) is 13.2. The Morgan fingerprint density at radius 1 is 1.00 bits per heavy atom. The summed E-state index contributed by atoms with van der Waals surface area (Å²) in [7, 11) is 2.95. The zero-order valence-corrected chi connectivity index (χ0v) is 22.3. The number of aromatic nitrogens is 1. The average molecular weight is 532 g/mol. The number of nitrogens with zero attached hydrogens (tertiary/aromatic N) is 1. The molecule has 0 saturated heterocycles. The molecule has 2 aromatic carbocycles. The van der Waals surface area contributed by atoms with E-state index in [9.17, 15) is 14.0 Å². The molecule has 4 rings (SSSR count). The number of halogens is 1. The highest BCUT2D eigenvalue weighted by Crippen LogP contribution is 2.44. The summed E-state index contributed by atoms with van der Waals surface area (Å²) in [5.41, 5.74) is 5.52. The van der Waals surface area contributed by atoms with Crippen LogP contribution in [0.2, 0.25) is 0 Å². The smallest absolute Gasteiger partial charge is 0.412 e. The van der Waals surface area contributed by atoms with E-state index in [0.717, 1.165) is 27.8 Å². The number of hydrogen-bond donors (Lipinski definition) is 2. The Bertz CT molecular complexity index is 1430. The van der Waals surface area contributed by atoms with Gasteiger partial charge in [-0.05, 0) is 89.7 Å². The van der Waals surface area contributed by atoms with Gasteiger partial charge in [0, 0.05) is 25.0 Å². The highest BCUT2D eigenvalue weighted by atomic mass is 19.1. The first-order valence-corrected chi connectivity index (χ1v) is 12.4. The molecule has 0 aliphatic heterocycles. The Labute approximate surface area is 226 Å². The monoisotopic (exact) mass is 531 g/mol. The number of amides is 2. The minimum absolute atomic E-state index is 0.149. The molecule has 0 spiro atoms. The zero-order valence-electron chi connectivity index (χ0n) is 22.3. The van der Waals surface area contributed by atoms with Crippen LogP contribution in [0.15, 0.2) is 60.3 Å². The van der Waals surface area contributed by atoms with E-state index in [4.69, 9.17) is 14.2 Å². The van der Waals surface area contributed by atoms with Crippen LogP contribution in [0.5, 0.6) is 17.2 Å². The molecule has 2 N–H and O–H groups in total. The average Bonchev–Trinajstić information content (AvgIpc) is 3.18. The predicted octanol–water partition coefficient (Wildman–Crippen LogP) is 5.03. The van der Waals surface area contributed by atoms with Crippen LogP contribution in [0.3, 0.4) is 0 Å². The van der Waals surface area contributed by atoms with E-state index < -0.39 is 6.09 Å². The van der Waals surface area contributed by atoms with Gasteiger partial charge in [-0.2, -0.15) is 0 Å². The third-order valence-corrected chi connectivity index (χ3v) is 6.29. The largest absolute Gasteiger partial charge is 0.493 e. The maximum absolute atomic E-state index is 14.3. The topological polar surface area (TPSA) is 98.8 Å². The van der Waals surface area contributed by atoms with Crippen molar-refractivity contribution in [2.75, 3.05) is 27.3 Å². The molecule has 0 bridgehead atoms. The second-order valence-corrected chi connectivity index (χ2v) is 8.80. The lowest BCUT2D eigenvalue weighted by Gasteiger charge is -2.15. The van der Waals surface area contributed by atoms with Crippen molar-refractivity contribution in [3.05, 3.63) is 88.5 Å². The van der Waals surface area contributed by atoms with Gasteiger partial charge in [-0.1, -0.05) is 12.1 Å². The van der Waals surface area contributed by atoms with Crippen LogP contribution in [0.4, 0.5) is 9.18 Å². The first kappa shape index (κ1) is 27.4. The first-order valence-electron chi connectivity index (χ1n) is 12.4. The molecule has 0 atom stereocenters.